The van der Waals surface area contributed by atoms with Crippen LogP contribution in [0.2, 0.25) is 0 Å². The summed E-state index contributed by atoms with van der Waals surface area (Å²) in [4.78, 5) is 31.3. The first-order chi connectivity index (χ1) is 13.5. The first kappa shape index (κ1) is 18.3. The molecule has 2 aliphatic rings. The molecular weight excluding hydrogens is 356 g/mol. The first-order valence-electron chi connectivity index (χ1n) is 9.64. The van der Waals surface area contributed by atoms with Crippen molar-refractivity contribution in [1.82, 2.24) is 25.8 Å². The minimum atomic E-state index is -1.11. The highest BCUT2D eigenvalue weighted by Crippen LogP contribution is 2.38. The molecule has 2 aromatic rings. The van der Waals surface area contributed by atoms with Gasteiger partial charge in [-0.1, -0.05) is 19.9 Å². The summed E-state index contributed by atoms with van der Waals surface area (Å²) in [6.07, 6.45) is 3.12. The zero-order valence-corrected chi connectivity index (χ0v) is 16.1. The van der Waals surface area contributed by atoms with Gasteiger partial charge in [-0.25, -0.2) is 4.79 Å². The highest BCUT2D eigenvalue weighted by atomic mass is 16.2. The van der Waals surface area contributed by atoms with Crippen LogP contribution in [0.1, 0.15) is 44.0 Å². The van der Waals surface area contributed by atoms with Crippen LogP contribution in [0.25, 0.3) is 0 Å². The number of hydrogen-bond acceptors (Lipinski definition) is 6. The lowest BCUT2D eigenvalue weighted by atomic mass is 9.75. The van der Waals surface area contributed by atoms with Crippen molar-refractivity contribution in [2.75, 3.05) is 18.0 Å². The van der Waals surface area contributed by atoms with E-state index in [2.05, 4.69) is 44.6 Å². The molecule has 3 amide bonds. The number of carbonyl (C=O) groups is 2. The van der Waals surface area contributed by atoms with E-state index >= 15 is 0 Å². The monoisotopic (exact) mass is 380 g/mol. The van der Waals surface area contributed by atoms with Crippen LogP contribution < -0.4 is 15.5 Å². The van der Waals surface area contributed by atoms with Gasteiger partial charge >= 0.3 is 6.03 Å². The van der Waals surface area contributed by atoms with Crippen molar-refractivity contribution in [3.63, 3.8) is 0 Å². The van der Waals surface area contributed by atoms with Gasteiger partial charge < -0.3 is 10.2 Å². The summed E-state index contributed by atoms with van der Waals surface area (Å²) in [6.45, 7) is 5.65. The Morgan fingerprint density at radius 2 is 1.89 bits per heavy atom. The zero-order chi connectivity index (χ0) is 19.7. The van der Waals surface area contributed by atoms with Gasteiger partial charge in [-0.05, 0) is 43.0 Å². The molecule has 2 aliphatic heterocycles. The number of amides is 3. The average molecular weight is 380 g/mol. The van der Waals surface area contributed by atoms with Crippen LogP contribution in [0.5, 0.6) is 0 Å². The molecule has 1 unspecified atom stereocenters. The van der Waals surface area contributed by atoms with Crippen LogP contribution in [0.15, 0.2) is 36.5 Å². The predicted molar refractivity (Wildman–Crippen MR) is 104 cm³/mol. The molecule has 28 heavy (non-hydrogen) atoms. The van der Waals surface area contributed by atoms with Gasteiger partial charge in [0.25, 0.3) is 5.91 Å². The molecule has 4 rings (SSSR count). The molecule has 8 heteroatoms. The van der Waals surface area contributed by atoms with Crippen LogP contribution in [-0.4, -0.2) is 40.2 Å². The summed E-state index contributed by atoms with van der Waals surface area (Å²) in [5.74, 6) is 0.813. The molecule has 0 radical (unpaired) electrons. The number of imide groups is 1. The van der Waals surface area contributed by atoms with Crippen molar-refractivity contribution < 1.29 is 9.59 Å². The standard InChI is InChI=1S/C20H24N6O2/c1-13(2)15-6-7-17(25-24-15)26-11-8-14(9-12-26)20(16-5-3-4-10-21-16)18(27)22-19(28)23-20/h3-7,10,13-14H,8-9,11-12H2,1-2H3,(H2,22,23,27,28). The van der Waals surface area contributed by atoms with E-state index in [1.54, 1.807) is 18.3 Å². The molecule has 2 fully saturated rings. The highest BCUT2D eigenvalue weighted by molar-refractivity contribution is 6.07. The lowest BCUT2D eigenvalue weighted by Gasteiger charge is -2.40. The van der Waals surface area contributed by atoms with E-state index in [4.69, 9.17) is 0 Å². The Labute approximate surface area is 163 Å². The molecule has 2 saturated heterocycles. The molecule has 8 nitrogen and oxygen atoms in total. The Balaban J connectivity index is 1.54. The van der Waals surface area contributed by atoms with E-state index in [1.165, 1.54) is 0 Å². The van der Waals surface area contributed by atoms with Crippen molar-refractivity contribution in [3.05, 3.63) is 47.9 Å². The van der Waals surface area contributed by atoms with Crippen LogP contribution >= 0.6 is 0 Å². The maximum atomic E-state index is 12.8. The van der Waals surface area contributed by atoms with Crippen molar-refractivity contribution in [2.45, 2.75) is 38.1 Å². The largest absolute Gasteiger partial charge is 0.355 e. The number of nitrogens with one attached hydrogen (secondary N) is 2. The van der Waals surface area contributed by atoms with Crippen LogP contribution in [0.4, 0.5) is 10.6 Å². The number of hydrogen-bond donors (Lipinski definition) is 2. The van der Waals surface area contributed by atoms with Gasteiger partial charge in [0.15, 0.2) is 11.4 Å². The fourth-order valence-corrected chi connectivity index (χ4v) is 4.10. The molecule has 1 atom stereocenters. The summed E-state index contributed by atoms with van der Waals surface area (Å²) in [5, 5.41) is 13.9. The number of carbonyl (C=O) groups excluding carboxylic acids is 2. The van der Waals surface area contributed by atoms with Gasteiger partial charge in [0, 0.05) is 25.2 Å². The summed E-state index contributed by atoms with van der Waals surface area (Å²) in [5.41, 5.74) is 0.438. The third-order valence-electron chi connectivity index (χ3n) is 5.66. The maximum absolute atomic E-state index is 12.8. The lowest BCUT2D eigenvalue weighted by molar-refractivity contribution is -0.126. The van der Waals surface area contributed by atoms with Gasteiger partial charge in [0.2, 0.25) is 0 Å². The second-order valence-electron chi connectivity index (χ2n) is 7.66. The molecule has 0 aromatic carbocycles. The Morgan fingerprint density at radius 1 is 1.11 bits per heavy atom. The summed E-state index contributed by atoms with van der Waals surface area (Å²) >= 11 is 0. The average Bonchev–Trinajstić information content (AvgIpc) is 3.03. The fourth-order valence-electron chi connectivity index (χ4n) is 4.10. The van der Waals surface area contributed by atoms with E-state index in [9.17, 15) is 9.59 Å². The van der Waals surface area contributed by atoms with Gasteiger partial charge in [0.1, 0.15) is 0 Å². The topological polar surface area (TPSA) is 100 Å². The molecule has 2 N–H and O–H groups in total. The molecule has 0 saturated carbocycles. The van der Waals surface area contributed by atoms with E-state index in [0.717, 1.165) is 37.4 Å². The van der Waals surface area contributed by atoms with E-state index in [-0.39, 0.29) is 11.8 Å². The van der Waals surface area contributed by atoms with Crippen LogP contribution in [0, 0.1) is 5.92 Å². The van der Waals surface area contributed by atoms with Gasteiger partial charge in [-0.2, -0.15) is 5.10 Å². The van der Waals surface area contributed by atoms with Gasteiger partial charge in [-0.15, -0.1) is 5.10 Å². The zero-order valence-electron chi connectivity index (χ0n) is 16.1. The number of pyridine rings is 1. The number of piperidine rings is 1. The number of nitrogens with zero attached hydrogens (tertiary/aromatic N) is 4. The maximum Gasteiger partial charge on any atom is 0.322 e. The predicted octanol–water partition coefficient (Wildman–Crippen LogP) is 1.95. The SMILES string of the molecule is CC(C)c1ccc(N2CCC(C3(c4ccccn4)NC(=O)NC3=O)CC2)nn1. The summed E-state index contributed by atoms with van der Waals surface area (Å²) < 4.78 is 0. The number of rotatable bonds is 4. The molecule has 2 aromatic heterocycles. The third kappa shape index (κ3) is 3.08. The molecule has 0 spiro atoms. The Bertz CT molecular complexity index is 862. The van der Waals surface area contributed by atoms with Crippen LogP contribution in [0.3, 0.4) is 0 Å². The van der Waals surface area contributed by atoms with Crippen molar-refractivity contribution in [1.29, 1.82) is 0 Å². The molecule has 146 valence electrons. The van der Waals surface area contributed by atoms with Gasteiger partial charge in [0.05, 0.1) is 11.4 Å². The number of anilines is 1. The fraction of sp³-hybridized carbons (Fsp3) is 0.450. The minimum Gasteiger partial charge on any atom is -0.355 e. The van der Waals surface area contributed by atoms with Crippen molar-refractivity contribution >= 4 is 17.8 Å². The third-order valence-corrected chi connectivity index (χ3v) is 5.66. The van der Waals surface area contributed by atoms with Gasteiger partial charge in [-0.3, -0.25) is 15.1 Å². The number of aromatic nitrogens is 3. The van der Waals surface area contributed by atoms with Crippen LogP contribution in [-0.2, 0) is 10.3 Å². The van der Waals surface area contributed by atoms with E-state index in [1.807, 2.05) is 18.2 Å². The quantitative estimate of drug-likeness (QED) is 0.787. The highest BCUT2D eigenvalue weighted by Gasteiger charge is 2.54. The Kier molecular flexibility index (Phi) is 4.70. The summed E-state index contributed by atoms with van der Waals surface area (Å²) in [7, 11) is 0. The summed E-state index contributed by atoms with van der Waals surface area (Å²) in [6, 6.07) is 8.98. The Morgan fingerprint density at radius 3 is 2.43 bits per heavy atom. The normalized spacial score (nSPS) is 23.0. The minimum absolute atomic E-state index is 0.0482. The first-order valence-corrected chi connectivity index (χ1v) is 9.64. The molecular formula is C20H24N6O2. The second-order valence-corrected chi connectivity index (χ2v) is 7.66. The molecule has 4 heterocycles. The number of urea groups is 1. The van der Waals surface area contributed by atoms with Crippen molar-refractivity contribution in [3.8, 4) is 0 Å². The second kappa shape index (κ2) is 7.18. The lowest BCUT2D eigenvalue weighted by Crippen LogP contribution is -2.54. The van der Waals surface area contributed by atoms with Crippen molar-refractivity contribution in [2.24, 2.45) is 5.92 Å². The smallest absolute Gasteiger partial charge is 0.322 e. The molecule has 0 aliphatic carbocycles. The Hall–Kier alpha value is -3.03. The molecule has 0 bridgehead atoms. The van der Waals surface area contributed by atoms with E-state index in [0.29, 0.717) is 11.6 Å². The van der Waals surface area contributed by atoms with E-state index < -0.39 is 11.6 Å².